The van der Waals surface area contributed by atoms with Crippen LogP contribution in [0.3, 0.4) is 0 Å². The first-order valence-electron chi connectivity index (χ1n) is 8.28. The Hall–Kier alpha value is -1.01. The fourth-order valence-corrected chi connectivity index (χ4v) is 8.16. The minimum absolute atomic E-state index is 0.0267. The summed E-state index contributed by atoms with van der Waals surface area (Å²) in [6.07, 6.45) is 0.418. The molecule has 3 heterocycles. The predicted molar refractivity (Wildman–Crippen MR) is 97.4 cm³/mol. The number of ether oxygens (including phenoxy) is 1. The van der Waals surface area contributed by atoms with Crippen molar-refractivity contribution in [1.82, 2.24) is 9.62 Å². The Kier molecular flexibility index (Phi) is 5.46. The Labute approximate surface area is 157 Å². The average Bonchev–Trinajstić information content (AvgIpc) is 3.12. The van der Waals surface area contributed by atoms with Crippen LogP contribution in [0.4, 0.5) is 0 Å². The first-order chi connectivity index (χ1) is 12.1. The van der Waals surface area contributed by atoms with E-state index in [1.165, 1.54) is 10.4 Å². The van der Waals surface area contributed by atoms with E-state index < -0.39 is 25.4 Å². The van der Waals surface area contributed by atoms with Crippen molar-refractivity contribution >= 4 is 37.1 Å². The Morgan fingerprint density at radius 2 is 2.04 bits per heavy atom. The number of carbonyl (C=O) groups excluding carboxylic acids is 1. The summed E-state index contributed by atoms with van der Waals surface area (Å²) in [6.45, 7) is 3.12. The third-order valence-corrected chi connectivity index (χ3v) is 9.83. The number of nitrogens with zero attached hydrogens (tertiary/aromatic N) is 1. The number of morpholine rings is 1. The molecular weight excluding hydrogens is 400 g/mol. The van der Waals surface area contributed by atoms with Crippen molar-refractivity contribution in [2.45, 2.75) is 29.5 Å². The van der Waals surface area contributed by atoms with Gasteiger partial charge in [0.2, 0.25) is 5.91 Å². The SMILES string of the molecule is C[C@]1(NC(=O)Cc2ccc(S(=O)(=O)N3CCOCC3)s2)CCS(=O)(=O)C1. The van der Waals surface area contributed by atoms with Crippen LogP contribution in [0.2, 0.25) is 0 Å². The molecule has 1 aromatic heterocycles. The molecule has 0 unspecified atom stereocenters. The van der Waals surface area contributed by atoms with Crippen LogP contribution < -0.4 is 5.32 Å². The highest BCUT2D eigenvalue weighted by Gasteiger charge is 2.39. The van der Waals surface area contributed by atoms with Crippen molar-refractivity contribution in [3.8, 4) is 0 Å². The molecule has 1 amide bonds. The lowest BCUT2D eigenvalue weighted by Gasteiger charge is -2.25. The predicted octanol–water partition coefficient (Wildman–Crippen LogP) is 0.00490. The van der Waals surface area contributed by atoms with Crippen molar-refractivity contribution in [3.63, 3.8) is 0 Å². The molecule has 2 aliphatic rings. The zero-order chi connectivity index (χ0) is 19.0. The van der Waals surface area contributed by atoms with Gasteiger partial charge in [-0.1, -0.05) is 0 Å². The van der Waals surface area contributed by atoms with Crippen LogP contribution in [0.5, 0.6) is 0 Å². The van der Waals surface area contributed by atoms with Gasteiger partial charge in [0, 0.05) is 18.0 Å². The highest BCUT2D eigenvalue weighted by Crippen LogP contribution is 2.27. The highest BCUT2D eigenvalue weighted by molar-refractivity contribution is 7.91. The second-order valence-electron chi connectivity index (χ2n) is 6.86. The van der Waals surface area contributed by atoms with Crippen molar-refractivity contribution in [2.24, 2.45) is 0 Å². The van der Waals surface area contributed by atoms with Crippen LogP contribution in [-0.4, -0.2) is 70.4 Å². The molecule has 11 heteroatoms. The van der Waals surface area contributed by atoms with Crippen molar-refractivity contribution in [2.75, 3.05) is 37.8 Å². The maximum atomic E-state index is 12.6. The maximum Gasteiger partial charge on any atom is 0.252 e. The molecule has 0 aliphatic carbocycles. The normalized spacial score (nSPS) is 26.7. The number of nitrogens with one attached hydrogen (secondary N) is 1. The molecule has 2 fully saturated rings. The molecule has 0 saturated carbocycles. The summed E-state index contributed by atoms with van der Waals surface area (Å²) < 4.78 is 55.2. The van der Waals surface area contributed by atoms with E-state index in [4.69, 9.17) is 4.74 Å². The van der Waals surface area contributed by atoms with E-state index >= 15 is 0 Å². The Morgan fingerprint density at radius 3 is 2.65 bits per heavy atom. The van der Waals surface area contributed by atoms with Gasteiger partial charge in [-0.25, -0.2) is 16.8 Å². The minimum Gasteiger partial charge on any atom is -0.379 e. The fraction of sp³-hybridized carbons (Fsp3) is 0.667. The fourth-order valence-electron chi connectivity index (χ4n) is 3.15. The van der Waals surface area contributed by atoms with E-state index in [2.05, 4.69) is 5.32 Å². The average molecular weight is 423 g/mol. The summed E-state index contributed by atoms with van der Waals surface area (Å²) in [5.74, 6) is -0.292. The molecule has 0 aromatic carbocycles. The van der Waals surface area contributed by atoms with Gasteiger partial charge in [-0.3, -0.25) is 4.79 Å². The molecule has 0 spiro atoms. The summed E-state index contributed by atoms with van der Waals surface area (Å²) in [5.41, 5.74) is -0.754. The molecule has 1 N–H and O–H groups in total. The minimum atomic E-state index is -3.57. The van der Waals surface area contributed by atoms with E-state index in [1.54, 1.807) is 13.0 Å². The molecule has 0 bridgehead atoms. The highest BCUT2D eigenvalue weighted by atomic mass is 32.2. The topological polar surface area (TPSA) is 110 Å². The summed E-state index contributed by atoms with van der Waals surface area (Å²) in [5, 5.41) is 2.78. The summed E-state index contributed by atoms with van der Waals surface area (Å²) in [6, 6.07) is 3.14. The van der Waals surface area contributed by atoms with E-state index in [0.717, 1.165) is 11.3 Å². The number of amides is 1. The third-order valence-electron chi connectivity index (χ3n) is 4.48. The number of thiophene rings is 1. The van der Waals surface area contributed by atoms with Gasteiger partial charge in [-0.15, -0.1) is 11.3 Å². The lowest BCUT2D eigenvalue weighted by atomic mass is 10.0. The summed E-state index contributed by atoms with van der Waals surface area (Å²) in [4.78, 5) is 12.9. The second-order valence-corrected chi connectivity index (χ2v) is 12.4. The van der Waals surface area contributed by atoms with Gasteiger partial charge in [0.15, 0.2) is 9.84 Å². The zero-order valence-electron chi connectivity index (χ0n) is 14.4. The molecule has 8 nitrogen and oxygen atoms in total. The Balaban J connectivity index is 1.64. The van der Waals surface area contributed by atoms with Crippen molar-refractivity contribution in [1.29, 1.82) is 0 Å². The molecule has 146 valence electrons. The summed E-state index contributed by atoms with van der Waals surface area (Å²) in [7, 11) is -6.67. The lowest BCUT2D eigenvalue weighted by molar-refractivity contribution is -0.121. The monoisotopic (exact) mass is 422 g/mol. The van der Waals surface area contributed by atoms with Gasteiger partial charge in [-0.2, -0.15) is 4.31 Å². The van der Waals surface area contributed by atoms with Gasteiger partial charge >= 0.3 is 0 Å². The number of hydrogen-bond acceptors (Lipinski definition) is 7. The van der Waals surface area contributed by atoms with Gasteiger partial charge in [0.1, 0.15) is 4.21 Å². The van der Waals surface area contributed by atoms with Crippen LogP contribution in [0.15, 0.2) is 16.3 Å². The first kappa shape index (κ1) is 19.7. The van der Waals surface area contributed by atoms with Crippen LogP contribution in [-0.2, 0) is 35.8 Å². The quantitative estimate of drug-likeness (QED) is 0.716. The lowest BCUT2D eigenvalue weighted by Crippen LogP contribution is -2.47. The van der Waals surface area contributed by atoms with Gasteiger partial charge in [0.05, 0.1) is 36.7 Å². The van der Waals surface area contributed by atoms with Crippen LogP contribution in [0.25, 0.3) is 0 Å². The number of sulfone groups is 1. The Morgan fingerprint density at radius 1 is 1.35 bits per heavy atom. The second kappa shape index (κ2) is 7.19. The van der Waals surface area contributed by atoms with Crippen molar-refractivity contribution < 1.29 is 26.4 Å². The van der Waals surface area contributed by atoms with Gasteiger partial charge in [-0.05, 0) is 25.5 Å². The van der Waals surface area contributed by atoms with Crippen LogP contribution in [0, 0.1) is 0 Å². The molecular formula is C15H22N2O6S3. The summed E-state index contributed by atoms with van der Waals surface area (Å²) >= 11 is 1.07. The van der Waals surface area contributed by atoms with Crippen molar-refractivity contribution in [3.05, 3.63) is 17.0 Å². The first-order valence-corrected chi connectivity index (χ1v) is 12.4. The van der Waals surface area contributed by atoms with Gasteiger partial charge in [0.25, 0.3) is 10.0 Å². The Bertz CT molecular complexity index is 886. The third kappa shape index (κ3) is 4.45. The van der Waals surface area contributed by atoms with Crippen LogP contribution in [0.1, 0.15) is 18.2 Å². The van der Waals surface area contributed by atoms with E-state index in [-0.39, 0.29) is 28.0 Å². The molecule has 26 heavy (non-hydrogen) atoms. The smallest absolute Gasteiger partial charge is 0.252 e. The standard InChI is InChI=1S/C15H22N2O6S3/c1-15(4-9-25(19,20)11-15)16-13(18)10-12-2-3-14(24-12)26(21,22)17-5-7-23-8-6-17/h2-3H,4-11H2,1H3,(H,16,18)/t15-/m0/s1. The molecule has 1 aromatic rings. The number of rotatable bonds is 5. The molecule has 2 aliphatic heterocycles. The number of carbonyl (C=O) groups is 1. The molecule has 3 rings (SSSR count). The maximum absolute atomic E-state index is 12.6. The van der Waals surface area contributed by atoms with Crippen LogP contribution >= 0.6 is 11.3 Å². The largest absolute Gasteiger partial charge is 0.379 e. The van der Waals surface area contributed by atoms with Gasteiger partial charge < -0.3 is 10.1 Å². The zero-order valence-corrected chi connectivity index (χ0v) is 16.9. The van der Waals surface area contributed by atoms with E-state index in [1.807, 2.05) is 0 Å². The molecule has 2 saturated heterocycles. The number of hydrogen-bond donors (Lipinski definition) is 1. The van der Waals surface area contributed by atoms with E-state index in [9.17, 15) is 21.6 Å². The number of sulfonamides is 1. The van der Waals surface area contributed by atoms with E-state index in [0.29, 0.717) is 37.6 Å². The molecule has 0 radical (unpaired) electrons. The molecule has 1 atom stereocenters.